The summed E-state index contributed by atoms with van der Waals surface area (Å²) < 4.78 is 5.21. The molecule has 0 aliphatic heterocycles. The summed E-state index contributed by atoms with van der Waals surface area (Å²) in [5.41, 5.74) is 1.48. The lowest BCUT2D eigenvalue weighted by molar-refractivity contribution is 0.0697. The zero-order chi connectivity index (χ0) is 13.1. The highest BCUT2D eigenvalue weighted by Gasteiger charge is 2.11. The first-order chi connectivity index (χ1) is 8.61. The first-order valence-electron chi connectivity index (χ1n) is 5.14. The van der Waals surface area contributed by atoms with Gasteiger partial charge in [0.05, 0.1) is 12.7 Å². The van der Waals surface area contributed by atoms with E-state index in [-0.39, 0.29) is 5.56 Å². The molecule has 1 N–H and O–H groups in total. The number of nitrogens with zero attached hydrogens (tertiary/aromatic N) is 1. The SMILES string of the molecule is COc1ccncc1-c1cc(Cl)cc(C(=O)O)c1. The fraction of sp³-hybridized carbons (Fsp3) is 0.0769. The highest BCUT2D eigenvalue weighted by Crippen LogP contribution is 2.31. The average Bonchev–Trinajstić information content (AvgIpc) is 2.38. The van der Waals surface area contributed by atoms with E-state index in [1.54, 1.807) is 31.6 Å². The average molecular weight is 264 g/mol. The lowest BCUT2D eigenvalue weighted by Gasteiger charge is -2.08. The number of hydrogen-bond donors (Lipinski definition) is 1. The van der Waals surface area contributed by atoms with Gasteiger partial charge in [-0.25, -0.2) is 4.79 Å². The van der Waals surface area contributed by atoms with Gasteiger partial charge in [0.25, 0.3) is 0 Å². The number of hydrogen-bond acceptors (Lipinski definition) is 3. The van der Waals surface area contributed by atoms with Crippen molar-refractivity contribution in [2.75, 3.05) is 7.11 Å². The summed E-state index contributed by atoms with van der Waals surface area (Å²) in [6.07, 6.45) is 3.21. The number of carboxylic acids is 1. The predicted octanol–water partition coefficient (Wildman–Crippen LogP) is 3.11. The van der Waals surface area contributed by atoms with E-state index in [0.717, 1.165) is 0 Å². The third-order valence-electron chi connectivity index (χ3n) is 2.46. The Morgan fingerprint density at radius 1 is 1.39 bits per heavy atom. The highest BCUT2D eigenvalue weighted by molar-refractivity contribution is 6.31. The van der Waals surface area contributed by atoms with Crippen molar-refractivity contribution in [3.63, 3.8) is 0 Å². The lowest BCUT2D eigenvalue weighted by Crippen LogP contribution is -1.97. The number of carbonyl (C=O) groups is 1. The zero-order valence-electron chi connectivity index (χ0n) is 9.55. The van der Waals surface area contributed by atoms with Crippen LogP contribution in [0.4, 0.5) is 0 Å². The van der Waals surface area contributed by atoms with Crippen LogP contribution in [-0.4, -0.2) is 23.2 Å². The molecule has 0 saturated carbocycles. The van der Waals surface area contributed by atoms with Crippen LogP contribution >= 0.6 is 11.6 Å². The molecule has 0 atom stereocenters. The highest BCUT2D eigenvalue weighted by atomic mass is 35.5. The Balaban J connectivity index is 2.60. The van der Waals surface area contributed by atoms with Crippen molar-refractivity contribution >= 4 is 17.6 Å². The summed E-state index contributed by atoms with van der Waals surface area (Å²) in [7, 11) is 1.54. The lowest BCUT2D eigenvalue weighted by atomic mass is 10.0. The molecule has 1 aromatic heterocycles. The van der Waals surface area contributed by atoms with Gasteiger partial charge in [-0.1, -0.05) is 11.6 Å². The number of aromatic carboxylic acids is 1. The molecule has 0 spiro atoms. The van der Waals surface area contributed by atoms with Crippen molar-refractivity contribution in [3.8, 4) is 16.9 Å². The van der Waals surface area contributed by atoms with Crippen molar-refractivity contribution in [2.24, 2.45) is 0 Å². The molecule has 18 heavy (non-hydrogen) atoms. The van der Waals surface area contributed by atoms with Crippen molar-refractivity contribution in [1.29, 1.82) is 0 Å². The first kappa shape index (κ1) is 12.4. The van der Waals surface area contributed by atoms with Crippen LogP contribution in [0.3, 0.4) is 0 Å². The van der Waals surface area contributed by atoms with E-state index in [2.05, 4.69) is 4.98 Å². The van der Waals surface area contributed by atoms with E-state index < -0.39 is 5.97 Å². The van der Waals surface area contributed by atoms with Gasteiger partial charge in [-0.2, -0.15) is 0 Å². The number of rotatable bonds is 3. The number of halogens is 1. The maximum absolute atomic E-state index is 11.0. The van der Waals surface area contributed by atoms with Crippen LogP contribution in [0.1, 0.15) is 10.4 Å². The second-order valence-corrected chi connectivity index (χ2v) is 4.05. The third kappa shape index (κ3) is 2.43. The largest absolute Gasteiger partial charge is 0.496 e. The van der Waals surface area contributed by atoms with Crippen LogP contribution in [0.5, 0.6) is 5.75 Å². The third-order valence-corrected chi connectivity index (χ3v) is 2.67. The Bertz CT molecular complexity index is 599. The Labute approximate surface area is 109 Å². The zero-order valence-corrected chi connectivity index (χ0v) is 10.3. The van der Waals surface area contributed by atoms with Gasteiger partial charge in [0.15, 0.2) is 0 Å². The normalized spacial score (nSPS) is 10.1. The van der Waals surface area contributed by atoms with Gasteiger partial charge in [-0.15, -0.1) is 0 Å². The van der Waals surface area contributed by atoms with Gasteiger partial charge in [-0.05, 0) is 29.8 Å². The molecular formula is C13H10ClNO3. The van der Waals surface area contributed by atoms with Gasteiger partial charge < -0.3 is 9.84 Å². The van der Waals surface area contributed by atoms with Crippen molar-refractivity contribution < 1.29 is 14.6 Å². The summed E-state index contributed by atoms with van der Waals surface area (Å²) in [5.74, 6) is -0.412. The van der Waals surface area contributed by atoms with Crippen molar-refractivity contribution in [1.82, 2.24) is 4.98 Å². The second-order valence-electron chi connectivity index (χ2n) is 3.61. The van der Waals surface area contributed by atoms with Gasteiger partial charge >= 0.3 is 5.97 Å². The number of benzene rings is 1. The summed E-state index contributed by atoms with van der Waals surface area (Å²) in [6, 6.07) is 6.31. The summed E-state index contributed by atoms with van der Waals surface area (Å²) in [5, 5.41) is 9.36. The Morgan fingerprint density at radius 2 is 2.17 bits per heavy atom. The van der Waals surface area contributed by atoms with Gasteiger partial charge in [0.2, 0.25) is 0 Å². The number of aromatic nitrogens is 1. The van der Waals surface area contributed by atoms with E-state index in [9.17, 15) is 4.79 Å². The molecule has 0 fully saturated rings. The topological polar surface area (TPSA) is 59.4 Å². The van der Waals surface area contributed by atoms with E-state index in [1.165, 1.54) is 12.1 Å². The summed E-state index contributed by atoms with van der Waals surface area (Å²) in [6.45, 7) is 0. The molecule has 0 aliphatic rings. The molecule has 2 rings (SSSR count). The Kier molecular flexibility index (Phi) is 3.48. The molecule has 0 radical (unpaired) electrons. The van der Waals surface area contributed by atoms with Crippen molar-refractivity contribution in [3.05, 3.63) is 47.2 Å². The molecule has 92 valence electrons. The number of pyridine rings is 1. The Morgan fingerprint density at radius 3 is 2.83 bits per heavy atom. The summed E-state index contributed by atoms with van der Waals surface area (Å²) >= 11 is 5.91. The van der Waals surface area contributed by atoms with E-state index >= 15 is 0 Å². The first-order valence-corrected chi connectivity index (χ1v) is 5.52. The maximum atomic E-state index is 11.0. The molecular weight excluding hydrogens is 254 g/mol. The monoisotopic (exact) mass is 263 g/mol. The van der Waals surface area contributed by atoms with Crippen LogP contribution in [0.2, 0.25) is 5.02 Å². The van der Waals surface area contributed by atoms with Gasteiger partial charge in [0.1, 0.15) is 5.75 Å². The van der Waals surface area contributed by atoms with Crippen molar-refractivity contribution in [2.45, 2.75) is 0 Å². The molecule has 2 aromatic rings. The fourth-order valence-corrected chi connectivity index (χ4v) is 1.88. The molecule has 4 nitrogen and oxygen atoms in total. The van der Waals surface area contributed by atoms with Crippen LogP contribution in [0.25, 0.3) is 11.1 Å². The Hall–Kier alpha value is -2.07. The summed E-state index contributed by atoms with van der Waals surface area (Å²) in [4.78, 5) is 15.0. The van der Waals surface area contributed by atoms with E-state index in [4.69, 9.17) is 21.4 Å². The van der Waals surface area contributed by atoms with Crippen LogP contribution < -0.4 is 4.74 Å². The molecule has 0 saturated heterocycles. The minimum atomic E-state index is -1.03. The maximum Gasteiger partial charge on any atom is 0.335 e. The minimum Gasteiger partial charge on any atom is -0.496 e. The minimum absolute atomic E-state index is 0.128. The smallest absolute Gasteiger partial charge is 0.335 e. The van der Waals surface area contributed by atoms with Crippen LogP contribution in [0.15, 0.2) is 36.7 Å². The second kappa shape index (κ2) is 5.06. The molecule has 0 amide bonds. The van der Waals surface area contributed by atoms with Gasteiger partial charge in [0, 0.05) is 23.0 Å². The van der Waals surface area contributed by atoms with E-state index in [0.29, 0.717) is 21.9 Å². The molecule has 1 heterocycles. The number of carboxylic acid groups (broad SMARTS) is 1. The van der Waals surface area contributed by atoms with E-state index in [1.807, 2.05) is 0 Å². The molecule has 0 unspecified atom stereocenters. The number of ether oxygens (including phenoxy) is 1. The molecule has 5 heteroatoms. The van der Waals surface area contributed by atoms with Gasteiger partial charge in [-0.3, -0.25) is 4.98 Å². The fourth-order valence-electron chi connectivity index (χ4n) is 1.65. The van der Waals surface area contributed by atoms with Crippen LogP contribution in [-0.2, 0) is 0 Å². The number of methoxy groups -OCH3 is 1. The quantitative estimate of drug-likeness (QED) is 0.924. The standard InChI is InChI=1S/C13H10ClNO3/c1-18-12-2-3-15-7-11(12)8-4-9(13(16)17)6-10(14)5-8/h2-7H,1H3,(H,16,17). The predicted molar refractivity (Wildman–Crippen MR) is 68.2 cm³/mol. The molecule has 1 aromatic carbocycles. The molecule has 0 aliphatic carbocycles. The van der Waals surface area contributed by atoms with Crippen LogP contribution in [0, 0.1) is 0 Å². The molecule has 0 bridgehead atoms.